The Hall–Kier alpha value is -2.80. The van der Waals surface area contributed by atoms with Crippen LogP contribution in [0.15, 0.2) is 77.7 Å². The predicted octanol–water partition coefficient (Wildman–Crippen LogP) is 5.08. The molecule has 2 unspecified atom stereocenters. The molecule has 0 saturated heterocycles. The van der Waals surface area contributed by atoms with Crippen LogP contribution < -0.4 is 10.1 Å². The van der Waals surface area contributed by atoms with Gasteiger partial charge in [-0.3, -0.25) is 0 Å². The highest BCUT2D eigenvalue weighted by atomic mass is 32.2. The number of thioether (sulfide) groups is 1. The largest absolute Gasteiger partial charge is 0.492 e. The third-order valence-corrected chi connectivity index (χ3v) is 6.82. The molecule has 5 nitrogen and oxygen atoms in total. The molecule has 3 aromatic carbocycles. The number of rotatable bonds is 10. The Morgan fingerprint density at radius 2 is 1.79 bits per heavy atom. The van der Waals surface area contributed by atoms with Crippen LogP contribution in [0.4, 0.5) is 0 Å². The Morgan fingerprint density at radius 1 is 1.06 bits per heavy atom. The molecule has 1 aliphatic heterocycles. The zero-order valence-corrected chi connectivity index (χ0v) is 19.5. The van der Waals surface area contributed by atoms with Gasteiger partial charge in [0.2, 0.25) is 0 Å². The molecule has 2 N–H and O–H groups in total. The van der Waals surface area contributed by atoms with Gasteiger partial charge >= 0.3 is 5.97 Å². The minimum absolute atomic E-state index is 0.130. The maximum atomic E-state index is 11.3. The van der Waals surface area contributed by atoms with E-state index in [0.29, 0.717) is 26.2 Å². The van der Waals surface area contributed by atoms with Crippen LogP contribution in [0.25, 0.3) is 0 Å². The van der Waals surface area contributed by atoms with Crippen LogP contribution in [0.3, 0.4) is 0 Å². The van der Waals surface area contributed by atoms with Crippen LogP contribution in [0, 0.1) is 0 Å². The number of hydrogen-bond acceptors (Lipinski definition) is 5. The second kappa shape index (κ2) is 11.4. The first-order valence-electron chi connectivity index (χ1n) is 11.2. The number of hydrogen-bond donors (Lipinski definition) is 2. The van der Waals surface area contributed by atoms with Crippen molar-refractivity contribution in [3.8, 4) is 5.75 Å². The maximum absolute atomic E-state index is 11.3. The average molecular weight is 464 g/mol. The number of aliphatic carboxylic acids is 1. The number of carboxylic acids is 1. The SMILES string of the molecule is CCOC(Cc1ccc(OCCNC2c3ccccc3CSc3ccccc32)cc1)C(=O)O. The van der Waals surface area contributed by atoms with Gasteiger partial charge in [0.1, 0.15) is 12.4 Å². The van der Waals surface area contributed by atoms with Crippen molar-refractivity contribution in [2.75, 3.05) is 19.8 Å². The van der Waals surface area contributed by atoms with E-state index in [-0.39, 0.29) is 6.04 Å². The molecule has 2 atom stereocenters. The standard InChI is InChI=1S/C27H29NO4S/c1-2-31-24(27(29)30)17-19-11-13-21(14-12-19)32-16-15-28-26-22-8-4-3-7-20(22)18-33-25-10-6-5-9-23(25)26/h3-14,24,26,28H,2,15-18H2,1H3,(H,29,30). The van der Waals surface area contributed by atoms with Gasteiger partial charge in [0.25, 0.3) is 0 Å². The Bertz CT molecular complexity index is 1020. The van der Waals surface area contributed by atoms with Crippen molar-refractivity contribution in [1.29, 1.82) is 0 Å². The summed E-state index contributed by atoms with van der Waals surface area (Å²) in [6.45, 7) is 3.40. The summed E-state index contributed by atoms with van der Waals surface area (Å²) in [6, 6.07) is 24.9. The Kier molecular flexibility index (Phi) is 8.05. The molecule has 0 bridgehead atoms. The van der Waals surface area contributed by atoms with Gasteiger partial charge in [-0.15, -0.1) is 11.8 Å². The lowest BCUT2D eigenvalue weighted by Crippen LogP contribution is -2.27. The van der Waals surface area contributed by atoms with Crippen molar-refractivity contribution in [2.24, 2.45) is 0 Å². The highest BCUT2D eigenvalue weighted by molar-refractivity contribution is 7.98. The Balaban J connectivity index is 1.35. The fourth-order valence-corrected chi connectivity index (χ4v) is 5.17. The van der Waals surface area contributed by atoms with E-state index in [0.717, 1.165) is 17.1 Å². The molecule has 0 radical (unpaired) electrons. The van der Waals surface area contributed by atoms with E-state index in [1.807, 2.05) is 36.0 Å². The first-order chi connectivity index (χ1) is 16.2. The fraction of sp³-hybridized carbons (Fsp3) is 0.296. The monoisotopic (exact) mass is 463 g/mol. The number of carbonyl (C=O) groups is 1. The van der Waals surface area contributed by atoms with Gasteiger partial charge in [-0.05, 0) is 47.4 Å². The second-order valence-corrected chi connectivity index (χ2v) is 8.91. The third-order valence-electron chi connectivity index (χ3n) is 5.69. The zero-order valence-electron chi connectivity index (χ0n) is 18.7. The van der Waals surface area contributed by atoms with Crippen molar-refractivity contribution in [3.05, 3.63) is 95.1 Å². The lowest BCUT2D eigenvalue weighted by atomic mass is 9.95. The lowest BCUT2D eigenvalue weighted by Gasteiger charge is -2.21. The first-order valence-corrected chi connectivity index (χ1v) is 12.2. The molecule has 0 spiro atoms. The van der Waals surface area contributed by atoms with E-state index >= 15 is 0 Å². The number of nitrogens with one attached hydrogen (secondary N) is 1. The highest BCUT2D eigenvalue weighted by Crippen LogP contribution is 2.39. The molecule has 3 aromatic rings. The van der Waals surface area contributed by atoms with Gasteiger partial charge in [-0.25, -0.2) is 4.79 Å². The lowest BCUT2D eigenvalue weighted by molar-refractivity contribution is -0.149. The fourth-order valence-electron chi connectivity index (χ4n) is 4.07. The highest BCUT2D eigenvalue weighted by Gasteiger charge is 2.23. The smallest absolute Gasteiger partial charge is 0.333 e. The van der Waals surface area contributed by atoms with E-state index in [1.165, 1.54) is 21.6 Å². The summed E-state index contributed by atoms with van der Waals surface area (Å²) in [4.78, 5) is 12.6. The van der Waals surface area contributed by atoms with E-state index < -0.39 is 12.1 Å². The topological polar surface area (TPSA) is 67.8 Å². The van der Waals surface area contributed by atoms with Gasteiger partial charge in [0.15, 0.2) is 6.10 Å². The summed E-state index contributed by atoms with van der Waals surface area (Å²) in [7, 11) is 0. The summed E-state index contributed by atoms with van der Waals surface area (Å²) in [6.07, 6.45) is -0.488. The molecule has 4 rings (SSSR count). The normalized spacial score (nSPS) is 15.7. The first kappa shape index (κ1) is 23.4. The van der Waals surface area contributed by atoms with Gasteiger partial charge in [0, 0.05) is 30.2 Å². The van der Waals surface area contributed by atoms with Crippen molar-refractivity contribution >= 4 is 17.7 Å². The van der Waals surface area contributed by atoms with Crippen molar-refractivity contribution in [3.63, 3.8) is 0 Å². The molecule has 33 heavy (non-hydrogen) atoms. The van der Waals surface area contributed by atoms with Crippen LogP contribution in [0.1, 0.15) is 35.2 Å². The molecule has 0 aliphatic carbocycles. The van der Waals surface area contributed by atoms with Crippen LogP contribution in [0.5, 0.6) is 5.75 Å². The average Bonchev–Trinajstić information content (AvgIpc) is 2.99. The van der Waals surface area contributed by atoms with Gasteiger partial charge in [-0.2, -0.15) is 0 Å². The molecule has 0 saturated carbocycles. The quantitative estimate of drug-likeness (QED) is 0.409. The van der Waals surface area contributed by atoms with E-state index in [4.69, 9.17) is 9.47 Å². The van der Waals surface area contributed by atoms with Crippen molar-refractivity contribution in [1.82, 2.24) is 5.32 Å². The molecular weight excluding hydrogens is 434 g/mol. The van der Waals surface area contributed by atoms with Gasteiger partial charge < -0.3 is 19.9 Å². The van der Waals surface area contributed by atoms with Crippen molar-refractivity contribution < 1.29 is 19.4 Å². The van der Waals surface area contributed by atoms with Crippen LogP contribution in [0.2, 0.25) is 0 Å². The number of fused-ring (bicyclic) bond motifs is 2. The molecule has 0 aromatic heterocycles. The molecule has 0 amide bonds. The predicted molar refractivity (Wildman–Crippen MR) is 131 cm³/mol. The zero-order chi connectivity index (χ0) is 23.0. The molecule has 172 valence electrons. The van der Waals surface area contributed by atoms with Gasteiger partial charge in [-0.1, -0.05) is 54.6 Å². The minimum atomic E-state index is -0.941. The summed E-state index contributed by atoms with van der Waals surface area (Å²) >= 11 is 1.89. The number of benzene rings is 3. The molecule has 0 fully saturated rings. The van der Waals surface area contributed by atoms with E-state index in [9.17, 15) is 9.90 Å². The maximum Gasteiger partial charge on any atom is 0.333 e. The third kappa shape index (κ3) is 5.96. The molecule has 6 heteroatoms. The van der Waals surface area contributed by atoms with Crippen LogP contribution in [-0.2, 0) is 21.7 Å². The molecule has 1 heterocycles. The molecule has 1 aliphatic rings. The summed E-state index contributed by atoms with van der Waals surface area (Å²) in [5.41, 5.74) is 4.89. The number of ether oxygens (including phenoxy) is 2. The summed E-state index contributed by atoms with van der Waals surface area (Å²) in [5.74, 6) is 0.796. The van der Waals surface area contributed by atoms with Crippen LogP contribution >= 0.6 is 11.8 Å². The molecular formula is C27H29NO4S. The minimum Gasteiger partial charge on any atom is -0.492 e. The summed E-state index contributed by atoms with van der Waals surface area (Å²) < 4.78 is 11.2. The van der Waals surface area contributed by atoms with Crippen molar-refractivity contribution in [2.45, 2.75) is 36.1 Å². The van der Waals surface area contributed by atoms with Gasteiger partial charge in [0.05, 0.1) is 6.04 Å². The Labute approximate surface area is 199 Å². The second-order valence-electron chi connectivity index (χ2n) is 7.89. The van der Waals surface area contributed by atoms with E-state index in [1.54, 1.807) is 6.92 Å². The Morgan fingerprint density at radius 3 is 2.55 bits per heavy atom. The summed E-state index contributed by atoms with van der Waals surface area (Å²) in [5, 5.41) is 12.9. The van der Waals surface area contributed by atoms with Crippen LogP contribution in [-0.4, -0.2) is 36.9 Å². The van der Waals surface area contributed by atoms with E-state index in [2.05, 4.69) is 53.8 Å². The number of carboxylic acid groups (broad SMARTS) is 1.